The number of benzene rings is 1. The predicted molar refractivity (Wildman–Crippen MR) is 83.6 cm³/mol. The van der Waals surface area contributed by atoms with Crippen LogP contribution in [0, 0.1) is 6.92 Å². The van der Waals surface area contributed by atoms with E-state index in [0.717, 1.165) is 31.5 Å². The third-order valence-corrected chi connectivity index (χ3v) is 2.94. The molecule has 1 saturated heterocycles. The molecule has 1 aromatic carbocycles. The molecule has 0 radical (unpaired) electrons. The van der Waals surface area contributed by atoms with Gasteiger partial charge in [-0.25, -0.2) is 0 Å². The summed E-state index contributed by atoms with van der Waals surface area (Å²) in [5.74, 6) is 0.190. The van der Waals surface area contributed by atoms with Gasteiger partial charge in [-0.15, -0.1) is 0 Å². The molecule has 0 N–H and O–H groups in total. The minimum atomic E-state index is 0.190. The smallest absolute Gasteiger partial charge is 0.253 e. The third kappa shape index (κ3) is 5.91. The molecule has 1 amide bonds. The van der Waals surface area contributed by atoms with Crippen LogP contribution in [0.25, 0.3) is 0 Å². The van der Waals surface area contributed by atoms with Crippen LogP contribution in [0.2, 0.25) is 0 Å². The summed E-state index contributed by atoms with van der Waals surface area (Å²) in [5, 5.41) is 0. The van der Waals surface area contributed by atoms with Gasteiger partial charge >= 0.3 is 0 Å². The summed E-state index contributed by atoms with van der Waals surface area (Å²) < 4.78 is 0. The normalized spacial score (nSPS) is 13.6. The van der Waals surface area contributed by atoms with Crippen molar-refractivity contribution in [1.29, 1.82) is 0 Å². The fourth-order valence-electron chi connectivity index (χ4n) is 1.98. The van der Waals surface area contributed by atoms with Gasteiger partial charge in [-0.05, 0) is 38.3 Å². The van der Waals surface area contributed by atoms with Crippen molar-refractivity contribution < 1.29 is 4.79 Å². The first kappa shape index (κ1) is 17.7. The number of rotatable bonds is 1. The Kier molecular flexibility index (Phi) is 9.87. The summed E-state index contributed by atoms with van der Waals surface area (Å²) in [4.78, 5) is 14.0. The lowest BCUT2D eigenvalue weighted by Crippen LogP contribution is -2.35. The van der Waals surface area contributed by atoms with Crippen LogP contribution in [0.4, 0.5) is 0 Å². The maximum atomic E-state index is 12.0. The van der Waals surface area contributed by atoms with Gasteiger partial charge in [0.05, 0.1) is 0 Å². The van der Waals surface area contributed by atoms with Crippen LogP contribution < -0.4 is 0 Å². The Hall–Kier alpha value is -1.31. The quantitative estimate of drug-likeness (QED) is 0.720. The van der Waals surface area contributed by atoms with Crippen molar-refractivity contribution in [3.05, 3.63) is 35.4 Å². The molecule has 0 atom stereocenters. The lowest BCUT2D eigenvalue weighted by molar-refractivity contribution is 0.0724. The topological polar surface area (TPSA) is 20.3 Å². The van der Waals surface area contributed by atoms with E-state index in [2.05, 4.69) is 0 Å². The van der Waals surface area contributed by atoms with Gasteiger partial charge in [0, 0.05) is 18.7 Å². The zero-order chi connectivity index (χ0) is 14.7. The summed E-state index contributed by atoms with van der Waals surface area (Å²) >= 11 is 0. The Morgan fingerprint density at radius 1 is 0.895 bits per heavy atom. The summed E-state index contributed by atoms with van der Waals surface area (Å²) in [5.41, 5.74) is 2.02. The maximum Gasteiger partial charge on any atom is 0.253 e. The highest BCUT2D eigenvalue weighted by molar-refractivity contribution is 5.94. The highest BCUT2D eigenvalue weighted by Crippen LogP contribution is 2.13. The van der Waals surface area contributed by atoms with Crippen LogP contribution in [-0.2, 0) is 0 Å². The maximum absolute atomic E-state index is 12.0. The van der Waals surface area contributed by atoms with Crippen molar-refractivity contribution in [2.75, 3.05) is 13.1 Å². The van der Waals surface area contributed by atoms with Gasteiger partial charge in [-0.1, -0.05) is 45.4 Å². The summed E-state index contributed by atoms with van der Waals surface area (Å²) in [6, 6.07) is 7.84. The van der Waals surface area contributed by atoms with E-state index >= 15 is 0 Å². The monoisotopic (exact) mass is 263 g/mol. The van der Waals surface area contributed by atoms with Gasteiger partial charge < -0.3 is 4.90 Å². The number of aryl methyl sites for hydroxylation is 1. The molecule has 1 aliphatic heterocycles. The Morgan fingerprint density at radius 2 is 1.37 bits per heavy atom. The van der Waals surface area contributed by atoms with Gasteiger partial charge in [-0.3, -0.25) is 4.79 Å². The number of likely N-dealkylation sites (tertiary alicyclic amines) is 1. The third-order valence-electron chi connectivity index (χ3n) is 2.94. The van der Waals surface area contributed by atoms with Crippen molar-refractivity contribution in [2.24, 2.45) is 0 Å². The minimum absolute atomic E-state index is 0.190. The number of hydrogen-bond acceptors (Lipinski definition) is 1. The Bertz CT molecular complexity index is 337. The molecule has 108 valence electrons. The minimum Gasteiger partial charge on any atom is -0.339 e. The van der Waals surface area contributed by atoms with Gasteiger partial charge in [0.15, 0.2) is 0 Å². The van der Waals surface area contributed by atoms with Crippen molar-refractivity contribution in [3.8, 4) is 0 Å². The van der Waals surface area contributed by atoms with E-state index in [1.807, 2.05) is 63.8 Å². The standard InChI is InChI=1S/C13H17NO.2C2H6/c1-11-5-7-12(8-6-11)13(15)14-9-3-2-4-10-14;2*1-2/h5-8H,2-4,9-10H2,1H3;2*1-2H3. The summed E-state index contributed by atoms with van der Waals surface area (Å²) in [7, 11) is 0. The Morgan fingerprint density at radius 3 is 1.84 bits per heavy atom. The zero-order valence-corrected chi connectivity index (χ0v) is 13.2. The molecule has 1 fully saturated rings. The van der Waals surface area contributed by atoms with Crippen LogP contribution in [0.1, 0.15) is 62.9 Å². The average molecular weight is 263 g/mol. The van der Waals surface area contributed by atoms with E-state index in [9.17, 15) is 4.79 Å². The lowest BCUT2D eigenvalue weighted by Gasteiger charge is -2.26. The molecule has 0 spiro atoms. The van der Waals surface area contributed by atoms with E-state index in [1.165, 1.54) is 12.0 Å². The molecule has 2 nitrogen and oxygen atoms in total. The summed E-state index contributed by atoms with van der Waals surface area (Å²) in [6.45, 7) is 11.9. The number of carbonyl (C=O) groups is 1. The molecule has 0 saturated carbocycles. The second-order valence-electron chi connectivity index (χ2n) is 4.22. The summed E-state index contributed by atoms with van der Waals surface area (Å²) in [6.07, 6.45) is 3.56. The SMILES string of the molecule is CC.CC.Cc1ccc(C(=O)N2CCCCC2)cc1. The number of hydrogen-bond donors (Lipinski definition) is 0. The molecule has 2 rings (SSSR count). The molecule has 1 aromatic rings. The molecule has 0 bridgehead atoms. The largest absolute Gasteiger partial charge is 0.339 e. The van der Waals surface area contributed by atoms with Crippen molar-refractivity contribution in [1.82, 2.24) is 4.90 Å². The van der Waals surface area contributed by atoms with E-state index in [-0.39, 0.29) is 5.91 Å². The second-order valence-corrected chi connectivity index (χ2v) is 4.22. The van der Waals surface area contributed by atoms with E-state index in [1.54, 1.807) is 0 Å². The van der Waals surface area contributed by atoms with E-state index in [0.29, 0.717) is 0 Å². The van der Waals surface area contributed by atoms with Gasteiger partial charge in [-0.2, -0.15) is 0 Å². The van der Waals surface area contributed by atoms with Crippen molar-refractivity contribution >= 4 is 5.91 Å². The van der Waals surface area contributed by atoms with Crippen molar-refractivity contribution in [3.63, 3.8) is 0 Å². The van der Waals surface area contributed by atoms with E-state index < -0.39 is 0 Å². The molecule has 2 heteroatoms. The molecule has 0 aliphatic carbocycles. The average Bonchev–Trinajstić information content (AvgIpc) is 2.52. The fourth-order valence-corrected chi connectivity index (χ4v) is 1.98. The van der Waals surface area contributed by atoms with Crippen LogP contribution in [0.15, 0.2) is 24.3 Å². The highest BCUT2D eigenvalue weighted by atomic mass is 16.2. The highest BCUT2D eigenvalue weighted by Gasteiger charge is 2.17. The van der Waals surface area contributed by atoms with Crippen LogP contribution in [0.3, 0.4) is 0 Å². The number of amides is 1. The Balaban J connectivity index is 0.000000741. The van der Waals surface area contributed by atoms with Crippen LogP contribution in [0.5, 0.6) is 0 Å². The predicted octanol–water partition coefficient (Wildman–Crippen LogP) is 4.67. The van der Waals surface area contributed by atoms with E-state index in [4.69, 9.17) is 0 Å². The lowest BCUT2D eigenvalue weighted by atomic mass is 10.1. The first-order valence-corrected chi connectivity index (χ1v) is 7.63. The van der Waals surface area contributed by atoms with Crippen LogP contribution >= 0.6 is 0 Å². The first-order chi connectivity index (χ1) is 9.27. The van der Waals surface area contributed by atoms with Crippen LogP contribution in [-0.4, -0.2) is 23.9 Å². The molecule has 1 aliphatic rings. The molecule has 1 heterocycles. The molecule has 19 heavy (non-hydrogen) atoms. The number of nitrogens with zero attached hydrogens (tertiary/aromatic N) is 1. The fraction of sp³-hybridized carbons (Fsp3) is 0.588. The molecule has 0 aromatic heterocycles. The Labute approximate surface area is 118 Å². The number of carbonyl (C=O) groups excluding carboxylic acids is 1. The van der Waals surface area contributed by atoms with Crippen molar-refractivity contribution in [2.45, 2.75) is 53.9 Å². The first-order valence-electron chi connectivity index (χ1n) is 7.63. The van der Waals surface area contributed by atoms with Gasteiger partial charge in [0.25, 0.3) is 5.91 Å². The second kappa shape index (κ2) is 10.6. The molecule has 0 unspecified atom stereocenters. The molecular weight excluding hydrogens is 234 g/mol. The number of piperidine rings is 1. The zero-order valence-electron chi connectivity index (χ0n) is 13.2. The molecular formula is C17H29NO. The van der Waals surface area contributed by atoms with Gasteiger partial charge in [0.1, 0.15) is 0 Å². The van der Waals surface area contributed by atoms with Gasteiger partial charge in [0.2, 0.25) is 0 Å².